The molecule has 0 unspecified atom stereocenters. The van der Waals surface area contributed by atoms with Crippen LogP contribution in [0.4, 0.5) is 10.1 Å². The van der Waals surface area contributed by atoms with Crippen molar-refractivity contribution in [1.82, 2.24) is 5.32 Å². The van der Waals surface area contributed by atoms with E-state index >= 15 is 0 Å². The summed E-state index contributed by atoms with van der Waals surface area (Å²) in [7, 11) is 3.46. The van der Waals surface area contributed by atoms with Gasteiger partial charge in [-0.25, -0.2) is 4.39 Å². The molecule has 0 aliphatic carbocycles. The molecule has 0 bridgehead atoms. The van der Waals surface area contributed by atoms with Crippen LogP contribution in [0.25, 0.3) is 0 Å². The molecule has 0 aliphatic heterocycles. The molecule has 4 nitrogen and oxygen atoms in total. The maximum Gasteiger partial charge on any atom is 0.239 e. The van der Waals surface area contributed by atoms with E-state index < -0.39 is 0 Å². The number of nitrogens with one attached hydrogen (secondary N) is 1. The van der Waals surface area contributed by atoms with Crippen molar-refractivity contribution in [2.75, 3.05) is 25.6 Å². The van der Waals surface area contributed by atoms with E-state index in [9.17, 15) is 9.18 Å². The zero-order valence-corrected chi connectivity index (χ0v) is 13.4. The number of ether oxygens (including phenoxy) is 1. The van der Waals surface area contributed by atoms with Crippen LogP contribution in [0.2, 0.25) is 0 Å². The number of rotatable bonds is 7. The zero-order valence-electron chi connectivity index (χ0n) is 13.4. The molecular formula is C18H21FN2O2. The predicted molar refractivity (Wildman–Crippen MR) is 88.7 cm³/mol. The van der Waals surface area contributed by atoms with Gasteiger partial charge in [0.25, 0.3) is 0 Å². The van der Waals surface area contributed by atoms with Gasteiger partial charge < -0.3 is 15.0 Å². The van der Waals surface area contributed by atoms with Crippen LogP contribution in [0.3, 0.4) is 0 Å². The normalized spacial score (nSPS) is 10.4. The number of hydrogen-bond acceptors (Lipinski definition) is 3. The van der Waals surface area contributed by atoms with Crippen molar-refractivity contribution >= 4 is 11.6 Å². The summed E-state index contributed by atoms with van der Waals surface area (Å²) in [6.07, 6.45) is 0. The lowest BCUT2D eigenvalue weighted by molar-refractivity contribution is -0.119. The van der Waals surface area contributed by atoms with E-state index in [1.54, 1.807) is 31.2 Å². The summed E-state index contributed by atoms with van der Waals surface area (Å²) < 4.78 is 18.0. The van der Waals surface area contributed by atoms with Crippen molar-refractivity contribution in [2.45, 2.75) is 13.2 Å². The lowest BCUT2D eigenvalue weighted by Gasteiger charge is -2.18. The number of amides is 1. The largest absolute Gasteiger partial charge is 0.380 e. The summed E-state index contributed by atoms with van der Waals surface area (Å²) in [6, 6.07) is 14.0. The van der Waals surface area contributed by atoms with Gasteiger partial charge in [0.15, 0.2) is 0 Å². The Kier molecular flexibility index (Phi) is 6.11. The molecule has 1 N–H and O–H groups in total. The fourth-order valence-corrected chi connectivity index (χ4v) is 2.18. The number of carbonyl (C=O) groups excluding carboxylic acids is 1. The summed E-state index contributed by atoms with van der Waals surface area (Å²) in [5.74, 6) is -0.374. The predicted octanol–water partition coefficient (Wildman–Crippen LogP) is 2.72. The Hall–Kier alpha value is -2.40. The second-order valence-electron chi connectivity index (χ2n) is 5.36. The fourth-order valence-electron chi connectivity index (χ4n) is 2.18. The van der Waals surface area contributed by atoms with Gasteiger partial charge in [0.2, 0.25) is 5.91 Å². The Labute approximate surface area is 135 Å². The molecule has 0 aliphatic rings. The Morgan fingerprint density at radius 2 is 1.70 bits per heavy atom. The Bertz CT molecular complexity index is 626. The third-order valence-corrected chi connectivity index (χ3v) is 3.47. The van der Waals surface area contributed by atoms with Crippen LogP contribution >= 0.6 is 0 Å². The first-order valence-corrected chi connectivity index (χ1v) is 7.38. The third kappa shape index (κ3) is 5.38. The molecule has 0 spiro atoms. The van der Waals surface area contributed by atoms with Gasteiger partial charge in [-0.3, -0.25) is 4.79 Å². The van der Waals surface area contributed by atoms with Gasteiger partial charge in [-0.1, -0.05) is 24.3 Å². The highest BCUT2D eigenvalue weighted by atomic mass is 19.1. The molecule has 23 heavy (non-hydrogen) atoms. The Morgan fingerprint density at radius 1 is 1.09 bits per heavy atom. The molecule has 0 aromatic heterocycles. The number of benzene rings is 2. The van der Waals surface area contributed by atoms with Crippen LogP contribution in [0.5, 0.6) is 0 Å². The van der Waals surface area contributed by atoms with Crippen molar-refractivity contribution in [3.05, 3.63) is 65.5 Å². The first-order valence-electron chi connectivity index (χ1n) is 7.38. The van der Waals surface area contributed by atoms with Crippen LogP contribution in [0, 0.1) is 5.82 Å². The number of methoxy groups -OCH3 is 1. The molecule has 0 radical (unpaired) electrons. The second kappa shape index (κ2) is 8.29. The van der Waals surface area contributed by atoms with E-state index in [-0.39, 0.29) is 18.3 Å². The molecule has 0 saturated carbocycles. The molecule has 0 atom stereocenters. The lowest BCUT2D eigenvalue weighted by atomic mass is 10.1. The smallest absolute Gasteiger partial charge is 0.239 e. The van der Waals surface area contributed by atoms with Gasteiger partial charge in [-0.15, -0.1) is 0 Å². The van der Waals surface area contributed by atoms with Crippen molar-refractivity contribution in [3.63, 3.8) is 0 Å². The highest BCUT2D eigenvalue weighted by molar-refractivity contribution is 5.81. The first-order chi connectivity index (χ1) is 11.1. The van der Waals surface area contributed by atoms with Crippen LogP contribution in [-0.2, 0) is 22.7 Å². The summed E-state index contributed by atoms with van der Waals surface area (Å²) in [4.78, 5) is 13.8. The number of likely N-dealkylation sites (N-methyl/N-ethyl adjacent to an activating group) is 1. The summed E-state index contributed by atoms with van der Waals surface area (Å²) >= 11 is 0. The van der Waals surface area contributed by atoms with Crippen LogP contribution < -0.4 is 10.2 Å². The summed E-state index contributed by atoms with van der Waals surface area (Å²) in [5.41, 5.74) is 2.92. The van der Waals surface area contributed by atoms with Gasteiger partial charge in [0.1, 0.15) is 5.82 Å². The average Bonchev–Trinajstić information content (AvgIpc) is 2.55. The van der Waals surface area contributed by atoms with E-state index in [4.69, 9.17) is 4.74 Å². The van der Waals surface area contributed by atoms with Crippen molar-refractivity contribution in [1.29, 1.82) is 0 Å². The van der Waals surface area contributed by atoms with Crippen molar-refractivity contribution in [3.8, 4) is 0 Å². The van der Waals surface area contributed by atoms with E-state index in [1.807, 2.05) is 24.3 Å². The molecule has 1 amide bonds. The molecule has 122 valence electrons. The quantitative estimate of drug-likeness (QED) is 0.854. The topological polar surface area (TPSA) is 41.6 Å². The third-order valence-electron chi connectivity index (χ3n) is 3.47. The second-order valence-corrected chi connectivity index (χ2v) is 5.36. The van der Waals surface area contributed by atoms with E-state index in [2.05, 4.69) is 5.32 Å². The Morgan fingerprint density at radius 3 is 2.30 bits per heavy atom. The fraction of sp³-hybridized carbons (Fsp3) is 0.278. The average molecular weight is 316 g/mol. The number of halogens is 1. The number of anilines is 1. The molecule has 0 heterocycles. The molecular weight excluding hydrogens is 295 g/mol. The zero-order chi connectivity index (χ0) is 16.7. The maximum atomic E-state index is 12.9. The van der Waals surface area contributed by atoms with Gasteiger partial charge in [0, 0.05) is 26.4 Å². The van der Waals surface area contributed by atoms with Gasteiger partial charge >= 0.3 is 0 Å². The van der Waals surface area contributed by atoms with Crippen molar-refractivity contribution in [2.24, 2.45) is 0 Å². The van der Waals surface area contributed by atoms with Crippen molar-refractivity contribution < 1.29 is 13.9 Å². The molecule has 0 fully saturated rings. The van der Waals surface area contributed by atoms with E-state index in [0.717, 1.165) is 16.8 Å². The standard InChI is InChI=1S/C18H21FN2O2/c1-21(17-9-7-16(19)8-10-17)12-18(22)20-11-14-3-5-15(6-4-14)13-23-2/h3-10H,11-13H2,1-2H3,(H,20,22). The van der Waals surface area contributed by atoms with Gasteiger partial charge in [0.05, 0.1) is 13.2 Å². The summed E-state index contributed by atoms with van der Waals surface area (Å²) in [6.45, 7) is 1.27. The van der Waals surface area contributed by atoms with E-state index in [1.165, 1.54) is 12.1 Å². The SMILES string of the molecule is COCc1ccc(CNC(=O)CN(C)c2ccc(F)cc2)cc1. The minimum Gasteiger partial charge on any atom is -0.380 e. The van der Waals surface area contributed by atoms with Crippen LogP contribution in [0.1, 0.15) is 11.1 Å². The minimum absolute atomic E-state index is 0.0854. The molecule has 2 aromatic carbocycles. The summed E-state index contributed by atoms with van der Waals surface area (Å²) in [5, 5.41) is 2.88. The minimum atomic E-state index is -0.288. The van der Waals surface area contributed by atoms with Crippen LogP contribution in [-0.4, -0.2) is 26.6 Å². The van der Waals surface area contributed by atoms with Gasteiger partial charge in [-0.2, -0.15) is 0 Å². The van der Waals surface area contributed by atoms with Crippen LogP contribution in [0.15, 0.2) is 48.5 Å². The highest BCUT2D eigenvalue weighted by Crippen LogP contribution is 2.12. The lowest BCUT2D eigenvalue weighted by Crippen LogP contribution is -2.34. The van der Waals surface area contributed by atoms with E-state index in [0.29, 0.717) is 13.2 Å². The number of carbonyl (C=O) groups is 1. The molecule has 2 rings (SSSR count). The monoisotopic (exact) mass is 316 g/mol. The molecule has 5 heteroatoms. The van der Waals surface area contributed by atoms with Gasteiger partial charge in [-0.05, 0) is 35.4 Å². The number of nitrogens with zero attached hydrogens (tertiary/aromatic N) is 1. The maximum absolute atomic E-state index is 12.9. The number of hydrogen-bond donors (Lipinski definition) is 1. The first kappa shape index (κ1) is 17.0. The molecule has 2 aromatic rings. The highest BCUT2D eigenvalue weighted by Gasteiger charge is 2.07. The Balaban J connectivity index is 1.81. The molecule has 0 saturated heterocycles.